The van der Waals surface area contributed by atoms with Crippen LogP contribution in [0.1, 0.15) is 12.0 Å². The van der Waals surface area contributed by atoms with Gasteiger partial charge in [-0.1, -0.05) is 4.98 Å². The molecule has 1 saturated heterocycles. The van der Waals surface area contributed by atoms with Crippen molar-refractivity contribution in [2.75, 3.05) is 18.0 Å². The SMILES string of the molecule is Cc1cnc(N2CCC2)[n+](C)c1. The Morgan fingerprint density at radius 1 is 1.50 bits per heavy atom. The Morgan fingerprint density at radius 2 is 2.25 bits per heavy atom. The van der Waals surface area contributed by atoms with Gasteiger partial charge < -0.3 is 0 Å². The molecule has 12 heavy (non-hydrogen) atoms. The fraction of sp³-hybridized carbons (Fsp3) is 0.556. The van der Waals surface area contributed by atoms with E-state index >= 15 is 0 Å². The summed E-state index contributed by atoms with van der Waals surface area (Å²) in [6.07, 6.45) is 5.34. The van der Waals surface area contributed by atoms with Crippen LogP contribution in [0.4, 0.5) is 5.95 Å². The summed E-state index contributed by atoms with van der Waals surface area (Å²) in [5.41, 5.74) is 1.21. The van der Waals surface area contributed by atoms with Gasteiger partial charge in [-0.05, 0) is 6.92 Å². The maximum atomic E-state index is 4.39. The molecule has 0 spiro atoms. The van der Waals surface area contributed by atoms with Crippen molar-refractivity contribution in [3.8, 4) is 0 Å². The molecule has 0 aromatic carbocycles. The first-order valence-electron chi connectivity index (χ1n) is 4.34. The van der Waals surface area contributed by atoms with Crippen LogP contribution in [-0.2, 0) is 7.05 Å². The van der Waals surface area contributed by atoms with Gasteiger partial charge in [0, 0.05) is 12.0 Å². The van der Waals surface area contributed by atoms with Crippen LogP contribution in [0.15, 0.2) is 12.4 Å². The zero-order valence-corrected chi connectivity index (χ0v) is 7.62. The number of aromatic nitrogens is 2. The Bertz CT molecular complexity index is 292. The van der Waals surface area contributed by atoms with Crippen LogP contribution >= 0.6 is 0 Å². The lowest BCUT2D eigenvalue weighted by Crippen LogP contribution is -2.47. The molecule has 0 bridgehead atoms. The molecule has 3 heteroatoms. The quantitative estimate of drug-likeness (QED) is 0.561. The molecule has 0 amide bonds. The van der Waals surface area contributed by atoms with Crippen molar-refractivity contribution in [1.82, 2.24) is 4.98 Å². The zero-order chi connectivity index (χ0) is 8.55. The van der Waals surface area contributed by atoms with Gasteiger partial charge in [-0.15, -0.1) is 0 Å². The summed E-state index contributed by atoms with van der Waals surface area (Å²) in [6, 6.07) is 0. The number of nitrogens with zero attached hydrogens (tertiary/aromatic N) is 3. The van der Waals surface area contributed by atoms with Gasteiger partial charge in [-0.2, -0.15) is 0 Å². The number of rotatable bonds is 1. The minimum atomic E-state index is 1.09. The summed E-state index contributed by atoms with van der Waals surface area (Å²) in [6.45, 7) is 4.38. The van der Waals surface area contributed by atoms with Crippen molar-refractivity contribution >= 4 is 5.95 Å². The fourth-order valence-electron chi connectivity index (χ4n) is 1.47. The van der Waals surface area contributed by atoms with Gasteiger partial charge in [0.15, 0.2) is 0 Å². The van der Waals surface area contributed by atoms with Crippen LogP contribution < -0.4 is 9.47 Å². The summed E-state index contributed by atoms with van der Waals surface area (Å²) in [4.78, 5) is 6.68. The number of anilines is 1. The second-order valence-electron chi connectivity index (χ2n) is 3.38. The van der Waals surface area contributed by atoms with E-state index in [9.17, 15) is 0 Å². The van der Waals surface area contributed by atoms with Crippen molar-refractivity contribution in [3.63, 3.8) is 0 Å². The highest BCUT2D eigenvalue weighted by Crippen LogP contribution is 2.12. The second-order valence-corrected chi connectivity index (χ2v) is 3.38. The van der Waals surface area contributed by atoms with Gasteiger partial charge >= 0.3 is 5.95 Å². The fourth-order valence-corrected chi connectivity index (χ4v) is 1.47. The lowest BCUT2D eigenvalue weighted by Gasteiger charge is -2.25. The van der Waals surface area contributed by atoms with Crippen LogP contribution in [0.3, 0.4) is 0 Å². The Balaban J connectivity index is 2.31. The summed E-state index contributed by atoms with van der Waals surface area (Å²) >= 11 is 0. The predicted molar refractivity (Wildman–Crippen MR) is 47.0 cm³/mol. The number of hydrogen-bond acceptors (Lipinski definition) is 2. The molecule has 1 aliphatic rings. The Hall–Kier alpha value is -1.12. The number of hydrogen-bond donors (Lipinski definition) is 0. The molecule has 1 fully saturated rings. The summed E-state index contributed by atoms with van der Waals surface area (Å²) in [5.74, 6) is 1.09. The van der Waals surface area contributed by atoms with Crippen LogP contribution in [-0.4, -0.2) is 18.1 Å². The molecule has 2 heterocycles. The summed E-state index contributed by atoms with van der Waals surface area (Å²) in [7, 11) is 2.05. The molecule has 0 unspecified atom stereocenters. The molecule has 1 aromatic heterocycles. The standard InChI is InChI=1S/C9H14N3/c1-8-6-10-9(11(2)7-8)12-4-3-5-12/h6-7H,3-5H2,1-2H3/q+1. The normalized spacial score (nSPS) is 16.0. The maximum absolute atomic E-state index is 4.39. The molecular weight excluding hydrogens is 150 g/mol. The van der Waals surface area contributed by atoms with Crippen molar-refractivity contribution in [3.05, 3.63) is 18.0 Å². The molecule has 0 aliphatic carbocycles. The van der Waals surface area contributed by atoms with E-state index in [1.165, 1.54) is 12.0 Å². The largest absolute Gasteiger partial charge is 0.393 e. The maximum Gasteiger partial charge on any atom is 0.393 e. The van der Waals surface area contributed by atoms with Crippen molar-refractivity contribution in [1.29, 1.82) is 0 Å². The molecule has 64 valence electrons. The molecule has 2 rings (SSSR count). The molecule has 3 nitrogen and oxygen atoms in total. The van der Waals surface area contributed by atoms with Gasteiger partial charge in [-0.25, -0.2) is 4.57 Å². The van der Waals surface area contributed by atoms with Crippen molar-refractivity contribution in [2.24, 2.45) is 7.05 Å². The highest BCUT2D eigenvalue weighted by Gasteiger charge is 2.25. The van der Waals surface area contributed by atoms with E-state index in [1.54, 1.807) is 0 Å². The first kappa shape index (κ1) is 7.53. The average Bonchev–Trinajstić information content (AvgIpc) is 1.91. The molecule has 0 N–H and O–H groups in total. The smallest absolute Gasteiger partial charge is 0.261 e. The van der Waals surface area contributed by atoms with Gasteiger partial charge in [0.25, 0.3) is 0 Å². The topological polar surface area (TPSA) is 20.0 Å². The van der Waals surface area contributed by atoms with E-state index in [1.807, 2.05) is 13.2 Å². The molecule has 0 atom stereocenters. The summed E-state index contributed by atoms with van der Waals surface area (Å²) < 4.78 is 2.09. The van der Waals surface area contributed by atoms with Gasteiger partial charge in [0.05, 0.1) is 26.3 Å². The third kappa shape index (κ3) is 1.15. The molecular formula is C9H14N3+. The first-order valence-corrected chi connectivity index (χ1v) is 4.34. The minimum Gasteiger partial charge on any atom is -0.261 e. The van der Waals surface area contributed by atoms with E-state index in [4.69, 9.17) is 0 Å². The lowest BCUT2D eigenvalue weighted by molar-refractivity contribution is -0.662. The van der Waals surface area contributed by atoms with Gasteiger partial charge in [-0.3, -0.25) is 4.90 Å². The van der Waals surface area contributed by atoms with Crippen LogP contribution in [0.5, 0.6) is 0 Å². The van der Waals surface area contributed by atoms with E-state index in [0.717, 1.165) is 19.0 Å². The summed E-state index contributed by atoms with van der Waals surface area (Å²) in [5, 5.41) is 0. The molecule has 0 radical (unpaired) electrons. The molecule has 1 aromatic rings. The third-order valence-electron chi connectivity index (χ3n) is 2.24. The zero-order valence-electron chi connectivity index (χ0n) is 7.62. The van der Waals surface area contributed by atoms with Crippen molar-refractivity contribution in [2.45, 2.75) is 13.3 Å². The lowest BCUT2D eigenvalue weighted by atomic mass is 10.2. The average molecular weight is 164 g/mol. The van der Waals surface area contributed by atoms with Crippen LogP contribution in [0.2, 0.25) is 0 Å². The highest BCUT2D eigenvalue weighted by atomic mass is 15.3. The Kier molecular flexibility index (Phi) is 1.71. The van der Waals surface area contributed by atoms with E-state index < -0.39 is 0 Å². The molecule has 1 aliphatic heterocycles. The minimum absolute atomic E-state index is 1.09. The van der Waals surface area contributed by atoms with E-state index in [0.29, 0.717) is 0 Å². The molecule has 0 saturated carbocycles. The van der Waals surface area contributed by atoms with Gasteiger partial charge in [0.1, 0.15) is 6.20 Å². The van der Waals surface area contributed by atoms with Crippen LogP contribution in [0.25, 0.3) is 0 Å². The predicted octanol–water partition coefficient (Wildman–Crippen LogP) is 0.425. The Labute approximate surface area is 72.7 Å². The monoisotopic (exact) mass is 164 g/mol. The third-order valence-corrected chi connectivity index (χ3v) is 2.24. The number of aryl methyl sites for hydroxylation is 2. The van der Waals surface area contributed by atoms with Crippen LogP contribution in [0, 0.1) is 6.92 Å². The van der Waals surface area contributed by atoms with E-state index in [2.05, 4.69) is 27.6 Å². The Morgan fingerprint density at radius 3 is 2.75 bits per heavy atom. The van der Waals surface area contributed by atoms with E-state index in [-0.39, 0.29) is 0 Å². The highest BCUT2D eigenvalue weighted by molar-refractivity contribution is 5.27. The van der Waals surface area contributed by atoms with Crippen molar-refractivity contribution < 1.29 is 4.57 Å². The van der Waals surface area contributed by atoms with Gasteiger partial charge in [0.2, 0.25) is 0 Å². The second kappa shape index (κ2) is 2.73. The first-order chi connectivity index (χ1) is 5.77.